The minimum Gasteiger partial charge on any atom is -0.493 e. The molecule has 2 atom stereocenters. The maximum atomic E-state index is 12.7. The number of hydrogen-bond donors (Lipinski definition) is 0. The average molecular weight is 415 g/mol. The molecule has 30 heavy (non-hydrogen) atoms. The van der Waals surface area contributed by atoms with Crippen molar-refractivity contribution < 1.29 is 19.1 Å². The summed E-state index contributed by atoms with van der Waals surface area (Å²) in [5.74, 6) is 2.08. The fraction of sp³-hybridized carbons (Fsp3) is 0.667. The third kappa shape index (κ3) is 5.15. The highest BCUT2D eigenvalue weighted by Gasteiger charge is 2.31. The van der Waals surface area contributed by atoms with Crippen LogP contribution in [0.25, 0.3) is 0 Å². The molecule has 0 N–H and O–H groups in total. The predicted molar refractivity (Wildman–Crippen MR) is 115 cm³/mol. The normalized spacial score (nSPS) is 25.4. The van der Waals surface area contributed by atoms with Crippen LogP contribution in [-0.4, -0.2) is 67.1 Å². The second kappa shape index (κ2) is 9.82. The van der Waals surface area contributed by atoms with E-state index in [0.717, 1.165) is 76.0 Å². The van der Waals surface area contributed by atoms with Crippen LogP contribution < -0.4 is 4.74 Å². The molecule has 4 rings (SSSR count). The van der Waals surface area contributed by atoms with Gasteiger partial charge in [-0.2, -0.15) is 0 Å². The number of carbonyl (C=O) groups is 2. The number of nitrogens with zero attached hydrogens (tertiary/aromatic N) is 2. The summed E-state index contributed by atoms with van der Waals surface area (Å²) >= 11 is 0. The summed E-state index contributed by atoms with van der Waals surface area (Å²) in [6.45, 7) is 6.79. The zero-order chi connectivity index (χ0) is 20.9. The number of amides is 2. The van der Waals surface area contributed by atoms with Crippen LogP contribution in [-0.2, 0) is 9.53 Å². The number of carbonyl (C=O) groups excluding carboxylic acids is 2. The van der Waals surface area contributed by atoms with Gasteiger partial charge in [-0.3, -0.25) is 9.59 Å². The smallest absolute Gasteiger partial charge is 0.253 e. The second-order valence-corrected chi connectivity index (χ2v) is 9.10. The highest BCUT2D eigenvalue weighted by molar-refractivity contribution is 5.94. The van der Waals surface area contributed by atoms with Crippen molar-refractivity contribution >= 4 is 11.8 Å². The van der Waals surface area contributed by atoms with E-state index in [0.29, 0.717) is 25.0 Å². The lowest BCUT2D eigenvalue weighted by atomic mass is 9.98. The Hall–Kier alpha value is -2.08. The molecule has 0 bridgehead atoms. The molecule has 0 aliphatic carbocycles. The highest BCUT2D eigenvalue weighted by Crippen LogP contribution is 2.23. The first-order chi connectivity index (χ1) is 14.6. The molecule has 1 aromatic carbocycles. The maximum Gasteiger partial charge on any atom is 0.253 e. The van der Waals surface area contributed by atoms with Gasteiger partial charge in [0.25, 0.3) is 11.8 Å². The van der Waals surface area contributed by atoms with Gasteiger partial charge < -0.3 is 19.3 Å². The van der Waals surface area contributed by atoms with Gasteiger partial charge in [-0.25, -0.2) is 0 Å². The van der Waals surface area contributed by atoms with Gasteiger partial charge in [-0.05, 0) is 68.7 Å². The molecule has 0 spiro atoms. The molecule has 6 nitrogen and oxygen atoms in total. The quantitative estimate of drug-likeness (QED) is 0.741. The van der Waals surface area contributed by atoms with Gasteiger partial charge in [0.05, 0.1) is 6.61 Å². The predicted octanol–water partition coefficient (Wildman–Crippen LogP) is 3.36. The van der Waals surface area contributed by atoms with Crippen LogP contribution in [0.5, 0.6) is 5.75 Å². The van der Waals surface area contributed by atoms with Gasteiger partial charge in [-0.1, -0.05) is 6.92 Å². The van der Waals surface area contributed by atoms with Crippen LogP contribution >= 0.6 is 0 Å². The van der Waals surface area contributed by atoms with E-state index < -0.39 is 0 Å². The lowest BCUT2D eigenvalue weighted by molar-refractivity contribution is -0.143. The summed E-state index contributed by atoms with van der Waals surface area (Å²) in [6, 6.07) is 7.50. The van der Waals surface area contributed by atoms with Gasteiger partial charge >= 0.3 is 0 Å². The topological polar surface area (TPSA) is 59.1 Å². The molecule has 0 saturated carbocycles. The minimum atomic E-state index is -0.238. The Morgan fingerprint density at radius 2 is 1.77 bits per heavy atom. The van der Waals surface area contributed by atoms with E-state index in [1.165, 1.54) is 0 Å². The Kier molecular flexibility index (Phi) is 6.93. The van der Waals surface area contributed by atoms with Gasteiger partial charge in [0.15, 0.2) is 0 Å². The number of benzene rings is 1. The number of hydrogen-bond acceptors (Lipinski definition) is 4. The molecule has 3 aliphatic heterocycles. The summed E-state index contributed by atoms with van der Waals surface area (Å²) in [7, 11) is 0. The first-order valence-corrected chi connectivity index (χ1v) is 11.5. The number of rotatable bonds is 5. The molecule has 2 unspecified atom stereocenters. The van der Waals surface area contributed by atoms with Crippen LogP contribution in [0.15, 0.2) is 24.3 Å². The molecule has 2 amide bonds. The fourth-order valence-electron chi connectivity index (χ4n) is 4.68. The van der Waals surface area contributed by atoms with Gasteiger partial charge in [0.2, 0.25) is 0 Å². The van der Waals surface area contributed by atoms with Gasteiger partial charge in [-0.15, -0.1) is 0 Å². The maximum absolute atomic E-state index is 12.7. The van der Waals surface area contributed by atoms with Crippen molar-refractivity contribution in [2.75, 3.05) is 39.4 Å². The molecular formula is C24H34N2O4. The Morgan fingerprint density at radius 3 is 2.47 bits per heavy atom. The monoisotopic (exact) mass is 414 g/mol. The van der Waals surface area contributed by atoms with Crippen molar-refractivity contribution in [3.63, 3.8) is 0 Å². The standard InChI is InChI=1S/C24H34N2O4/c1-18-10-13-25(14-11-18)23(27)20-6-8-21(9-7-20)30-17-19-4-2-12-26(16-19)24(28)22-5-3-15-29-22/h6-9,18-19,22H,2-5,10-17H2,1H3. The SMILES string of the molecule is CC1CCN(C(=O)c2ccc(OCC3CCCN(C(=O)C4CCCO4)C3)cc2)CC1. The number of ether oxygens (including phenoxy) is 2. The number of piperidine rings is 2. The molecule has 3 aliphatic rings. The Morgan fingerprint density at radius 1 is 1.00 bits per heavy atom. The van der Waals surface area contributed by atoms with E-state index in [-0.39, 0.29) is 17.9 Å². The summed E-state index contributed by atoms with van der Waals surface area (Å²) in [5, 5.41) is 0. The van der Waals surface area contributed by atoms with E-state index in [2.05, 4.69) is 6.92 Å². The lowest BCUT2D eigenvalue weighted by Crippen LogP contribution is -2.45. The van der Waals surface area contributed by atoms with Crippen LogP contribution in [0, 0.1) is 11.8 Å². The average Bonchev–Trinajstić information content (AvgIpc) is 3.33. The van der Waals surface area contributed by atoms with Crippen LogP contribution in [0.4, 0.5) is 0 Å². The summed E-state index contributed by atoms with van der Waals surface area (Å²) in [6.07, 6.45) is 5.83. The zero-order valence-corrected chi connectivity index (χ0v) is 18.1. The lowest BCUT2D eigenvalue weighted by Gasteiger charge is -2.34. The first-order valence-electron chi connectivity index (χ1n) is 11.5. The van der Waals surface area contributed by atoms with Crippen LogP contribution in [0.3, 0.4) is 0 Å². The van der Waals surface area contributed by atoms with Gasteiger partial charge in [0.1, 0.15) is 11.9 Å². The van der Waals surface area contributed by atoms with E-state index in [4.69, 9.17) is 9.47 Å². The fourth-order valence-corrected chi connectivity index (χ4v) is 4.68. The molecular weight excluding hydrogens is 380 g/mol. The Labute approximate surface area is 179 Å². The Balaban J connectivity index is 1.25. The zero-order valence-electron chi connectivity index (χ0n) is 18.1. The van der Waals surface area contributed by atoms with Crippen molar-refractivity contribution in [3.05, 3.63) is 29.8 Å². The molecule has 1 aromatic rings. The highest BCUT2D eigenvalue weighted by atomic mass is 16.5. The second-order valence-electron chi connectivity index (χ2n) is 9.10. The third-order valence-corrected chi connectivity index (χ3v) is 6.69. The molecule has 3 fully saturated rings. The summed E-state index contributed by atoms with van der Waals surface area (Å²) < 4.78 is 11.6. The van der Waals surface area contributed by atoms with Crippen LogP contribution in [0.2, 0.25) is 0 Å². The largest absolute Gasteiger partial charge is 0.493 e. The number of likely N-dealkylation sites (tertiary alicyclic amines) is 2. The van der Waals surface area contributed by atoms with Crippen molar-refractivity contribution in [3.8, 4) is 5.75 Å². The van der Waals surface area contributed by atoms with Crippen molar-refractivity contribution in [1.29, 1.82) is 0 Å². The van der Waals surface area contributed by atoms with Crippen LogP contribution in [0.1, 0.15) is 55.8 Å². The molecule has 164 valence electrons. The van der Waals surface area contributed by atoms with E-state index in [9.17, 15) is 9.59 Å². The van der Waals surface area contributed by atoms with Gasteiger partial charge in [0, 0.05) is 44.3 Å². The van der Waals surface area contributed by atoms with Crippen molar-refractivity contribution in [2.45, 2.75) is 51.6 Å². The van der Waals surface area contributed by atoms with E-state index in [1.54, 1.807) is 0 Å². The molecule has 3 heterocycles. The minimum absolute atomic E-state index is 0.115. The third-order valence-electron chi connectivity index (χ3n) is 6.69. The first kappa shape index (κ1) is 21.2. The molecule has 0 aromatic heterocycles. The van der Waals surface area contributed by atoms with E-state index >= 15 is 0 Å². The van der Waals surface area contributed by atoms with Crippen molar-refractivity contribution in [2.24, 2.45) is 11.8 Å². The van der Waals surface area contributed by atoms with E-state index in [1.807, 2.05) is 34.1 Å². The molecule has 6 heteroatoms. The molecule has 0 radical (unpaired) electrons. The van der Waals surface area contributed by atoms with Crippen molar-refractivity contribution in [1.82, 2.24) is 9.80 Å². The summed E-state index contributed by atoms with van der Waals surface area (Å²) in [5.41, 5.74) is 0.725. The summed E-state index contributed by atoms with van der Waals surface area (Å²) in [4.78, 5) is 29.2. The molecule has 3 saturated heterocycles. The Bertz CT molecular complexity index is 721.